The van der Waals surface area contributed by atoms with E-state index in [1.54, 1.807) is 7.11 Å². The summed E-state index contributed by atoms with van der Waals surface area (Å²) in [5.74, 6) is 0.0164. The first-order chi connectivity index (χ1) is 13.5. The van der Waals surface area contributed by atoms with E-state index >= 15 is 0 Å². The summed E-state index contributed by atoms with van der Waals surface area (Å²) in [5.41, 5.74) is 1.11. The summed E-state index contributed by atoms with van der Waals surface area (Å²) in [6.45, 7) is 2.41. The summed E-state index contributed by atoms with van der Waals surface area (Å²) >= 11 is 0. The van der Waals surface area contributed by atoms with Gasteiger partial charge in [-0.2, -0.15) is 0 Å². The molecule has 0 radical (unpaired) electrons. The van der Waals surface area contributed by atoms with E-state index in [1.165, 1.54) is 6.42 Å². The first kappa shape index (κ1) is 21.1. The number of nitrogens with one attached hydrogen (secondary N) is 1. The zero-order valence-electron chi connectivity index (χ0n) is 16.7. The Kier molecular flexibility index (Phi) is 7.35. The van der Waals surface area contributed by atoms with Gasteiger partial charge in [-0.3, -0.25) is 9.69 Å². The number of ether oxygens (including phenoxy) is 1. The highest BCUT2D eigenvalue weighted by Crippen LogP contribution is 2.27. The smallest absolute Gasteiger partial charge is 0.235 e. The molecule has 1 atom stereocenters. The average Bonchev–Trinajstić information content (AvgIpc) is 3.25. The van der Waals surface area contributed by atoms with Crippen molar-refractivity contribution in [3.05, 3.63) is 29.8 Å². The molecule has 2 aliphatic rings. The van der Waals surface area contributed by atoms with Crippen molar-refractivity contribution in [3.8, 4) is 5.75 Å². The monoisotopic (exact) mass is 408 g/mol. The zero-order valence-corrected chi connectivity index (χ0v) is 17.5. The maximum atomic E-state index is 12.4. The van der Waals surface area contributed by atoms with Crippen LogP contribution in [0.1, 0.15) is 56.6 Å². The highest BCUT2D eigenvalue weighted by Gasteiger charge is 2.31. The molecule has 0 bridgehead atoms. The number of likely N-dealkylation sites (tertiary alicyclic amines) is 1. The van der Waals surface area contributed by atoms with Crippen LogP contribution in [0.4, 0.5) is 0 Å². The number of nitrogens with zero attached hydrogens (tertiary/aromatic N) is 1. The standard InChI is InChI=1S/C21H32N2O4S/c1-27-18-11-9-17(10-12-18)20(23-13-5-2-6-14-23)15-22-21(24)16-28(25,26)19-7-3-4-8-19/h9-12,19-20H,2-8,13-16H2,1H3,(H,22,24). The third-order valence-electron chi connectivity index (χ3n) is 5.97. The van der Waals surface area contributed by atoms with Crippen molar-refractivity contribution in [1.82, 2.24) is 10.2 Å². The summed E-state index contributed by atoms with van der Waals surface area (Å²) in [5, 5.41) is 2.56. The van der Waals surface area contributed by atoms with Crippen LogP contribution in [0, 0.1) is 0 Å². The summed E-state index contributed by atoms with van der Waals surface area (Å²) in [6, 6.07) is 7.96. The molecule has 1 amide bonds. The normalized spacial score (nSPS) is 20.0. The van der Waals surface area contributed by atoms with Crippen molar-refractivity contribution >= 4 is 15.7 Å². The topological polar surface area (TPSA) is 75.7 Å². The van der Waals surface area contributed by atoms with Crippen molar-refractivity contribution in [2.75, 3.05) is 32.5 Å². The molecular weight excluding hydrogens is 376 g/mol. The molecule has 0 aromatic heterocycles. The number of amides is 1. The van der Waals surface area contributed by atoms with E-state index in [-0.39, 0.29) is 17.2 Å². The van der Waals surface area contributed by atoms with Crippen molar-refractivity contribution in [2.24, 2.45) is 0 Å². The maximum Gasteiger partial charge on any atom is 0.235 e. The molecule has 1 unspecified atom stereocenters. The number of hydrogen-bond donors (Lipinski definition) is 1. The Morgan fingerprint density at radius 2 is 1.75 bits per heavy atom. The second-order valence-electron chi connectivity index (χ2n) is 7.90. The molecular formula is C21H32N2O4S. The molecule has 1 N–H and O–H groups in total. The van der Waals surface area contributed by atoms with Gasteiger partial charge in [0.15, 0.2) is 9.84 Å². The average molecular weight is 409 g/mol. The molecule has 28 heavy (non-hydrogen) atoms. The SMILES string of the molecule is COc1ccc(C(CNC(=O)CS(=O)(=O)C2CCCC2)N2CCCCC2)cc1. The molecule has 1 aromatic carbocycles. The van der Waals surface area contributed by atoms with Gasteiger partial charge in [0.25, 0.3) is 0 Å². The van der Waals surface area contributed by atoms with Crippen LogP contribution in [-0.2, 0) is 14.6 Å². The third-order valence-corrected chi connectivity index (χ3v) is 8.12. The number of rotatable bonds is 8. The van der Waals surface area contributed by atoms with Crippen LogP contribution < -0.4 is 10.1 Å². The number of carbonyl (C=O) groups excluding carboxylic acids is 1. The Hall–Kier alpha value is -1.60. The van der Waals surface area contributed by atoms with Crippen LogP contribution in [0.15, 0.2) is 24.3 Å². The molecule has 7 heteroatoms. The van der Waals surface area contributed by atoms with Gasteiger partial charge in [0.2, 0.25) is 5.91 Å². The Labute approximate surface area is 168 Å². The summed E-state index contributed by atoms with van der Waals surface area (Å²) in [7, 11) is -1.71. The molecule has 2 fully saturated rings. The molecule has 1 saturated heterocycles. The third kappa shape index (κ3) is 5.47. The van der Waals surface area contributed by atoms with Crippen molar-refractivity contribution < 1.29 is 17.9 Å². The van der Waals surface area contributed by atoms with Gasteiger partial charge < -0.3 is 10.1 Å². The number of benzene rings is 1. The second kappa shape index (κ2) is 9.74. The van der Waals surface area contributed by atoms with Gasteiger partial charge in [-0.05, 0) is 56.5 Å². The zero-order chi connectivity index (χ0) is 20.0. The Morgan fingerprint density at radius 1 is 1.11 bits per heavy atom. The quantitative estimate of drug-likeness (QED) is 0.716. The van der Waals surface area contributed by atoms with Crippen LogP contribution in [0.25, 0.3) is 0 Å². The molecule has 1 aromatic rings. The van der Waals surface area contributed by atoms with Gasteiger partial charge in [0.05, 0.1) is 18.4 Å². The molecule has 0 spiro atoms. The Balaban J connectivity index is 1.64. The minimum absolute atomic E-state index is 0.0457. The van der Waals surface area contributed by atoms with E-state index in [2.05, 4.69) is 10.2 Å². The van der Waals surface area contributed by atoms with Crippen molar-refractivity contribution in [2.45, 2.75) is 56.2 Å². The lowest BCUT2D eigenvalue weighted by atomic mass is 10.0. The van der Waals surface area contributed by atoms with Crippen LogP contribution in [0.5, 0.6) is 5.75 Å². The Morgan fingerprint density at radius 3 is 2.36 bits per heavy atom. The van der Waals surface area contributed by atoms with Gasteiger partial charge >= 0.3 is 0 Å². The first-order valence-corrected chi connectivity index (χ1v) is 12.1. The lowest BCUT2D eigenvalue weighted by Crippen LogP contribution is -2.42. The summed E-state index contributed by atoms with van der Waals surface area (Å²) < 4.78 is 30.1. The minimum atomic E-state index is -3.35. The highest BCUT2D eigenvalue weighted by atomic mass is 32.2. The van der Waals surface area contributed by atoms with Crippen molar-refractivity contribution in [1.29, 1.82) is 0 Å². The predicted octanol–water partition coefficient (Wildman–Crippen LogP) is 2.70. The van der Waals surface area contributed by atoms with E-state index < -0.39 is 15.6 Å². The molecule has 1 aliphatic heterocycles. The Bertz CT molecular complexity index is 736. The lowest BCUT2D eigenvalue weighted by Gasteiger charge is -2.35. The highest BCUT2D eigenvalue weighted by molar-refractivity contribution is 7.92. The van der Waals surface area contributed by atoms with Gasteiger partial charge in [0.1, 0.15) is 11.5 Å². The van der Waals surface area contributed by atoms with Crippen molar-refractivity contribution in [3.63, 3.8) is 0 Å². The van der Waals surface area contributed by atoms with Gasteiger partial charge in [-0.15, -0.1) is 0 Å². The maximum absolute atomic E-state index is 12.4. The van der Waals surface area contributed by atoms with E-state index in [1.807, 2.05) is 24.3 Å². The molecule has 6 nitrogen and oxygen atoms in total. The van der Waals surface area contributed by atoms with Gasteiger partial charge in [-0.1, -0.05) is 31.4 Å². The molecule has 1 saturated carbocycles. The van der Waals surface area contributed by atoms with E-state index in [0.717, 1.165) is 50.1 Å². The number of carbonyl (C=O) groups is 1. The lowest BCUT2D eigenvalue weighted by molar-refractivity contribution is -0.118. The van der Waals surface area contributed by atoms with Crippen LogP contribution in [0.2, 0.25) is 0 Å². The molecule has 156 valence electrons. The van der Waals surface area contributed by atoms with Crippen LogP contribution in [0.3, 0.4) is 0 Å². The summed E-state index contributed by atoms with van der Waals surface area (Å²) in [4.78, 5) is 14.8. The fourth-order valence-corrected chi connectivity index (χ4v) is 6.08. The second-order valence-corrected chi connectivity index (χ2v) is 10.2. The minimum Gasteiger partial charge on any atom is -0.497 e. The number of sulfone groups is 1. The largest absolute Gasteiger partial charge is 0.497 e. The number of piperidine rings is 1. The van der Waals surface area contributed by atoms with Crippen LogP contribution >= 0.6 is 0 Å². The van der Waals surface area contributed by atoms with Crippen LogP contribution in [-0.4, -0.2) is 57.0 Å². The predicted molar refractivity (Wildman–Crippen MR) is 110 cm³/mol. The van der Waals surface area contributed by atoms with Gasteiger partial charge in [-0.25, -0.2) is 8.42 Å². The van der Waals surface area contributed by atoms with Gasteiger partial charge in [0, 0.05) is 6.54 Å². The molecule has 1 aliphatic carbocycles. The van der Waals surface area contributed by atoms with E-state index in [4.69, 9.17) is 4.74 Å². The molecule has 3 rings (SSSR count). The summed E-state index contributed by atoms with van der Waals surface area (Å²) in [6.07, 6.45) is 6.81. The first-order valence-electron chi connectivity index (χ1n) is 10.4. The molecule has 1 heterocycles. The van der Waals surface area contributed by atoms with E-state index in [9.17, 15) is 13.2 Å². The fourth-order valence-electron chi connectivity index (χ4n) is 4.32. The number of hydrogen-bond acceptors (Lipinski definition) is 5. The fraction of sp³-hybridized carbons (Fsp3) is 0.667. The van der Waals surface area contributed by atoms with E-state index in [0.29, 0.717) is 19.4 Å². The number of methoxy groups -OCH3 is 1.